The number of fused-ring (bicyclic) bond motifs is 1. The Bertz CT molecular complexity index is 451. The highest BCUT2D eigenvalue weighted by atomic mass is 16.2. The largest absolute Gasteiger partial charge is 0.305 e. The van der Waals surface area contributed by atoms with Crippen LogP contribution in [0.3, 0.4) is 0 Å². The number of benzene rings is 1. The molecule has 0 unspecified atom stereocenters. The second kappa shape index (κ2) is 4.70. The van der Waals surface area contributed by atoms with Gasteiger partial charge in [-0.25, -0.2) is 0 Å². The van der Waals surface area contributed by atoms with E-state index in [1.54, 1.807) is 4.90 Å². The maximum atomic E-state index is 12.1. The number of ketones is 1. The Labute approximate surface area is 101 Å². The van der Waals surface area contributed by atoms with E-state index in [0.29, 0.717) is 18.8 Å². The predicted molar refractivity (Wildman–Crippen MR) is 67.0 cm³/mol. The molecule has 0 saturated heterocycles. The minimum Gasteiger partial charge on any atom is -0.305 e. The van der Waals surface area contributed by atoms with Gasteiger partial charge in [-0.15, -0.1) is 0 Å². The standard InChI is InChI=1S/C14H17NO2/c1-10(2)7-14(17)15-9-12(16)8-11-5-3-4-6-13(11)15/h3-6,10H,7-9H2,1-2H3. The van der Waals surface area contributed by atoms with Gasteiger partial charge < -0.3 is 4.90 Å². The van der Waals surface area contributed by atoms with E-state index in [-0.39, 0.29) is 18.2 Å². The third kappa shape index (κ3) is 2.54. The third-order valence-corrected chi connectivity index (χ3v) is 2.89. The lowest BCUT2D eigenvalue weighted by molar-refractivity contribution is -0.123. The highest BCUT2D eigenvalue weighted by Crippen LogP contribution is 2.26. The van der Waals surface area contributed by atoms with Gasteiger partial charge in [0.25, 0.3) is 0 Å². The quantitative estimate of drug-likeness (QED) is 0.782. The molecule has 1 aliphatic heterocycles. The van der Waals surface area contributed by atoms with Crippen LogP contribution in [0.25, 0.3) is 0 Å². The molecule has 3 nitrogen and oxygen atoms in total. The van der Waals surface area contributed by atoms with E-state index < -0.39 is 0 Å². The van der Waals surface area contributed by atoms with Crippen LogP contribution in [0.15, 0.2) is 24.3 Å². The minimum absolute atomic E-state index is 0.0421. The molecule has 1 heterocycles. The van der Waals surface area contributed by atoms with E-state index in [2.05, 4.69) is 0 Å². The van der Waals surface area contributed by atoms with Crippen molar-refractivity contribution >= 4 is 17.4 Å². The molecule has 0 fully saturated rings. The molecule has 1 aromatic carbocycles. The number of hydrogen-bond acceptors (Lipinski definition) is 2. The number of carbonyl (C=O) groups is 2. The normalized spacial score (nSPS) is 15.0. The van der Waals surface area contributed by atoms with E-state index in [1.165, 1.54) is 0 Å². The van der Waals surface area contributed by atoms with Crippen LogP contribution < -0.4 is 4.90 Å². The first-order valence-electron chi connectivity index (χ1n) is 5.98. The second-order valence-electron chi connectivity index (χ2n) is 4.92. The Balaban J connectivity index is 2.29. The summed E-state index contributed by atoms with van der Waals surface area (Å²) in [6.07, 6.45) is 0.934. The van der Waals surface area contributed by atoms with Crippen molar-refractivity contribution in [2.45, 2.75) is 26.7 Å². The molecule has 3 heteroatoms. The summed E-state index contributed by atoms with van der Waals surface area (Å²) >= 11 is 0. The van der Waals surface area contributed by atoms with Crippen molar-refractivity contribution in [1.82, 2.24) is 0 Å². The van der Waals surface area contributed by atoms with Crippen LogP contribution in [0, 0.1) is 5.92 Å². The molecule has 90 valence electrons. The summed E-state index contributed by atoms with van der Waals surface area (Å²) in [5.74, 6) is 0.466. The average molecular weight is 231 g/mol. The third-order valence-electron chi connectivity index (χ3n) is 2.89. The molecule has 0 radical (unpaired) electrons. The molecule has 17 heavy (non-hydrogen) atoms. The zero-order valence-corrected chi connectivity index (χ0v) is 10.3. The lowest BCUT2D eigenvalue weighted by Gasteiger charge is -2.29. The Morgan fingerprint density at radius 1 is 1.35 bits per heavy atom. The van der Waals surface area contributed by atoms with Crippen LogP contribution >= 0.6 is 0 Å². The number of para-hydroxylation sites is 1. The summed E-state index contributed by atoms with van der Waals surface area (Å²) < 4.78 is 0. The van der Waals surface area contributed by atoms with Crippen LogP contribution in [0.5, 0.6) is 0 Å². The summed E-state index contributed by atoms with van der Waals surface area (Å²) in [5.41, 5.74) is 1.86. The van der Waals surface area contributed by atoms with Gasteiger partial charge in [0, 0.05) is 18.5 Å². The van der Waals surface area contributed by atoms with Crippen LogP contribution in [0.4, 0.5) is 5.69 Å². The first-order valence-corrected chi connectivity index (χ1v) is 5.98. The van der Waals surface area contributed by atoms with E-state index in [0.717, 1.165) is 11.3 Å². The highest BCUT2D eigenvalue weighted by molar-refractivity contribution is 6.03. The number of Topliss-reactive ketones (excluding diaryl/α,β-unsaturated/α-hetero) is 1. The molecule has 0 saturated carbocycles. The van der Waals surface area contributed by atoms with E-state index in [4.69, 9.17) is 0 Å². The SMILES string of the molecule is CC(C)CC(=O)N1CC(=O)Cc2ccccc21. The fourth-order valence-corrected chi connectivity index (χ4v) is 2.14. The monoisotopic (exact) mass is 231 g/mol. The average Bonchev–Trinajstić information content (AvgIpc) is 2.26. The van der Waals surface area contributed by atoms with Crippen LogP contribution in [-0.2, 0) is 16.0 Å². The van der Waals surface area contributed by atoms with Crippen LogP contribution in [0.1, 0.15) is 25.8 Å². The second-order valence-corrected chi connectivity index (χ2v) is 4.92. The predicted octanol–water partition coefficient (Wildman–Crippen LogP) is 2.19. The zero-order chi connectivity index (χ0) is 12.4. The summed E-state index contributed by atoms with van der Waals surface area (Å²) in [6, 6.07) is 7.65. The van der Waals surface area contributed by atoms with Gasteiger partial charge in [-0.3, -0.25) is 9.59 Å². The molecular formula is C14H17NO2. The molecule has 1 aliphatic rings. The van der Waals surface area contributed by atoms with Gasteiger partial charge in [-0.1, -0.05) is 32.0 Å². The topological polar surface area (TPSA) is 37.4 Å². The Morgan fingerprint density at radius 3 is 2.76 bits per heavy atom. The lowest BCUT2D eigenvalue weighted by Crippen LogP contribution is -2.40. The Morgan fingerprint density at radius 2 is 2.06 bits per heavy atom. The maximum Gasteiger partial charge on any atom is 0.227 e. The fourth-order valence-electron chi connectivity index (χ4n) is 2.14. The number of anilines is 1. The van der Waals surface area contributed by atoms with Crippen molar-refractivity contribution < 1.29 is 9.59 Å². The van der Waals surface area contributed by atoms with Crippen molar-refractivity contribution in [3.05, 3.63) is 29.8 Å². The lowest BCUT2D eigenvalue weighted by atomic mass is 9.99. The van der Waals surface area contributed by atoms with Gasteiger partial charge in [0.05, 0.1) is 6.54 Å². The van der Waals surface area contributed by atoms with E-state index in [9.17, 15) is 9.59 Å². The molecule has 0 atom stereocenters. The number of rotatable bonds is 2. The van der Waals surface area contributed by atoms with Gasteiger partial charge in [-0.2, -0.15) is 0 Å². The highest BCUT2D eigenvalue weighted by Gasteiger charge is 2.26. The van der Waals surface area contributed by atoms with E-state index in [1.807, 2.05) is 38.1 Å². The van der Waals surface area contributed by atoms with Crippen molar-refractivity contribution in [2.24, 2.45) is 5.92 Å². The van der Waals surface area contributed by atoms with Crippen molar-refractivity contribution in [3.8, 4) is 0 Å². The summed E-state index contributed by atoms with van der Waals surface area (Å²) in [6.45, 7) is 4.24. The molecule has 0 N–H and O–H groups in total. The van der Waals surface area contributed by atoms with Crippen molar-refractivity contribution in [3.63, 3.8) is 0 Å². The maximum absolute atomic E-state index is 12.1. The zero-order valence-electron chi connectivity index (χ0n) is 10.3. The smallest absolute Gasteiger partial charge is 0.227 e. The van der Waals surface area contributed by atoms with Gasteiger partial charge in [0.2, 0.25) is 5.91 Å². The summed E-state index contributed by atoms with van der Waals surface area (Å²) in [5, 5.41) is 0. The van der Waals surface area contributed by atoms with Gasteiger partial charge in [-0.05, 0) is 17.5 Å². The summed E-state index contributed by atoms with van der Waals surface area (Å²) in [4.78, 5) is 25.3. The first kappa shape index (κ1) is 11.8. The molecule has 0 aromatic heterocycles. The number of hydrogen-bond donors (Lipinski definition) is 0. The molecule has 0 aliphatic carbocycles. The molecule has 1 amide bonds. The van der Waals surface area contributed by atoms with Crippen LogP contribution in [-0.4, -0.2) is 18.2 Å². The molecule has 0 bridgehead atoms. The first-order chi connectivity index (χ1) is 8.08. The summed E-state index contributed by atoms with van der Waals surface area (Å²) in [7, 11) is 0. The van der Waals surface area contributed by atoms with Crippen LogP contribution in [0.2, 0.25) is 0 Å². The van der Waals surface area contributed by atoms with Gasteiger partial charge in [0.1, 0.15) is 0 Å². The van der Waals surface area contributed by atoms with Gasteiger partial charge in [0.15, 0.2) is 5.78 Å². The molecule has 1 aromatic rings. The minimum atomic E-state index is 0.0421. The molecule has 2 rings (SSSR count). The molecule has 0 spiro atoms. The van der Waals surface area contributed by atoms with Crippen molar-refractivity contribution in [2.75, 3.05) is 11.4 Å². The van der Waals surface area contributed by atoms with E-state index >= 15 is 0 Å². The number of amides is 1. The molecular weight excluding hydrogens is 214 g/mol. The Kier molecular flexibility index (Phi) is 3.27. The van der Waals surface area contributed by atoms with Gasteiger partial charge >= 0.3 is 0 Å². The van der Waals surface area contributed by atoms with Crippen molar-refractivity contribution in [1.29, 1.82) is 0 Å². The fraction of sp³-hybridized carbons (Fsp3) is 0.429. The number of carbonyl (C=O) groups excluding carboxylic acids is 2. The number of nitrogens with zero attached hydrogens (tertiary/aromatic N) is 1. The Hall–Kier alpha value is -1.64.